The first-order valence-electron chi connectivity index (χ1n) is 9.42. The van der Waals surface area contributed by atoms with Gasteiger partial charge in [0.25, 0.3) is 0 Å². The fraction of sp³-hybridized carbons (Fsp3) is 0.318. The highest BCUT2D eigenvalue weighted by Gasteiger charge is 2.20. The van der Waals surface area contributed by atoms with E-state index in [2.05, 4.69) is 21.8 Å². The summed E-state index contributed by atoms with van der Waals surface area (Å²) in [6.45, 7) is 0.688. The van der Waals surface area contributed by atoms with Gasteiger partial charge < -0.3 is 14.4 Å². The molecule has 7 heteroatoms. The van der Waals surface area contributed by atoms with E-state index in [1.165, 1.54) is 30.9 Å². The molecule has 0 atom stereocenters. The Morgan fingerprint density at radius 3 is 2.45 bits per heavy atom. The van der Waals surface area contributed by atoms with Crippen molar-refractivity contribution >= 4 is 12.0 Å². The molecule has 2 aromatic rings. The van der Waals surface area contributed by atoms with E-state index in [1.807, 2.05) is 18.2 Å². The zero-order valence-electron chi connectivity index (χ0n) is 16.3. The second-order valence-corrected chi connectivity index (χ2v) is 6.68. The smallest absolute Gasteiger partial charge is 0.387 e. The van der Waals surface area contributed by atoms with E-state index >= 15 is 0 Å². The molecule has 0 bridgehead atoms. The topological polar surface area (TPSA) is 42.0 Å². The molecule has 154 valence electrons. The number of nitrogens with zero attached hydrogens (tertiary/aromatic N) is 2. The predicted octanol–water partition coefficient (Wildman–Crippen LogP) is 3.65. The Kier molecular flexibility index (Phi) is 7.19. The van der Waals surface area contributed by atoms with Crippen LogP contribution in [0.5, 0.6) is 11.5 Å². The molecule has 0 aliphatic carbocycles. The van der Waals surface area contributed by atoms with Gasteiger partial charge in [-0.15, -0.1) is 0 Å². The normalized spacial score (nSPS) is 15.1. The van der Waals surface area contributed by atoms with Gasteiger partial charge in [-0.2, -0.15) is 8.78 Å². The third-order valence-corrected chi connectivity index (χ3v) is 4.77. The highest BCUT2D eigenvalue weighted by Crippen LogP contribution is 2.33. The number of methoxy groups -OCH3 is 1. The lowest BCUT2D eigenvalue weighted by Gasteiger charge is -2.34. The van der Waals surface area contributed by atoms with Crippen LogP contribution in [0.4, 0.5) is 8.78 Å². The summed E-state index contributed by atoms with van der Waals surface area (Å²) < 4.78 is 35.1. The number of piperazine rings is 1. The summed E-state index contributed by atoms with van der Waals surface area (Å²) in [4.78, 5) is 16.6. The summed E-state index contributed by atoms with van der Waals surface area (Å²) >= 11 is 0. The minimum atomic E-state index is -2.98. The number of hydrogen-bond acceptors (Lipinski definition) is 4. The zero-order chi connectivity index (χ0) is 20.6. The summed E-state index contributed by atoms with van der Waals surface area (Å²) in [5.41, 5.74) is 1.61. The van der Waals surface area contributed by atoms with Gasteiger partial charge in [-0.25, -0.2) is 0 Å². The summed E-state index contributed by atoms with van der Waals surface area (Å²) in [5, 5.41) is 0. The van der Waals surface area contributed by atoms with Crippen molar-refractivity contribution in [2.24, 2.45) is 0 Å². The highest BCUT2D eigenvalue weighted by molar-refractivity contribution is 5.92. The SMILES string of the molecule is COc1cccc(/C=C/C(=O)N2CCN(Cc3ccccc3)CC2)c1OC(F)F. The number of carbonyl (C=O) groups excluding carboxylic acids is 1. The molecule has 0 aromatic heterocycles. The van der Waals surface area contributed by atoms with Gasteiger partial charge in [0.15, 0.2) is 11.5 Å². The van der Waals surface area contributed by atoms with E-state index in [-0.39, 0.29) is 17.4 Å². The average Bonchev–Trinajstić information content (AvgIpc) is 2.73. The highest BCUT2D eigenvalue weighted by atomic mass is 19.3. The van der Waals surface area contributed by atoms with Crippen LogP contribution >= 0.6 is 0 Å². The van der Waals surface area contributed by atoms with Crippen molar-refractivity contribution in [3.63, 3.8) is 0 Å². The van der Waals surface area contributed by atoms with Crippen LogP contribution in [0, 0.1) is 0 Å². The quantitative estimate of drug-likeness (QED) is 0.663. The lowest BCUT2D eigenvalue weighted by Crippen LogP contribution is -2.47. The average molecular weight is 402 g/mol. The molecule has 0 radical (unpaired) electrons. The Hall–Kier alpha value is -2.93. The fourth-order valence-corrected chi connectivity index (χ4v) is 3.27. The van der Waals surface area contributed by atoms with Crippen LogP contribution < -0.4 is 9.47 Å². The van der Waals surface area contributed by atoms with Crippen molar-refractivity contribution in [3.05, 3.63) is 65.7 Å². The van der Waals surface area contributed by atoms with Gasteiger partial charge in [-0.1, -0.05) is 42.5 Å². The molecular formula is C22H24F2N2O3. The second kappa shape index (κ2) is 10.0. The molecule has 1 amide bonds. The minimum absolute atomic E-state index is 0.0817. The number of ether oxygens (including phenoxy) is 2. The molecule has 29 heavy (non-hydrogen) atoms. The molecule has 3 rings (SSSR count). The lowest BCUT2D eigenvalue weighted by atomic mass is 10.1. The van der Waals surface area contributed by atoms with E-state index in [1.54, 1.807) is 17.0 Å². The summed E-state index contributed by atoms with van der Waals surface area (Å²) in [7, 11) is 1.38. The molecule has 0 saturated carbocycles. The maximum atomic E-state index is 12.7. The number of benzene rings is 2. The van der Waals surface area contributed by atoms with Crippen molar-refractivity contribution in [2.75, 3.05) is 33.3 Å². The number of para-hydroxylation sites is 1. The van der Waals surface area contributed by atoms with E-state index in [9.17, 15) is 13.6 Å². The van der Waals surface area contributed by atoms with E-state index in [4.69, 9.17) is 4.74 Å². The van der Waals surface area contributed by atoms with Gasteiger partial charge in [0.1, 0.15) is 0 Å². The first kappa shape index (κ1) is 20.8. The number of alkyl halides is 2. The van der Waals surface area contributed by atoms with Crippen LogP contribution in [-0.4, -0.2) is 55.6 Å². The second-order valence-electron chi connectivity index (χ2n) is 6.68. The number of amides is 1. The summed E-state index contributed by atoms with van der Waals surface area (Å²) in [5.74, 6) is -0.0497. The summed E-state index contributed by atoms with van der Waals surface area (Å²) in [6.07, 6.45) is 2.87. The summed E-state index contributed by atoms with van der Waals surface area (Å²) in [6, 6.07) is 15.0. The van der Waals surface area contributed by atoms with Crippen LogP contribution in [0.1, 0.15) is 11.1 Å². The number of carbonyl (C=O) groups is 1. The maximum Gasteiger partial charge on any atom is 0.387 e. The van der Waals surface area contributed by atoms with Crippen LogP contribution in [0.3, 0.4) is 0 Å². The molecule has 1 aliphatic rings. The van der Waals surface area contributed by atoms with Crippen LogP contribution in [0.15, 0.2) is 54.6 Å². The molecule has 2 aromatic carbocycles. The Bertz CT molecular complexity index is 835. The Balaban J connectivity index is 1.59. The van der Waals surface area contributed by atoms with E-state index < -0.39 is 6.61 Å². The number of hydrogen-bond donors (Lipinski definition) is 0. The van der Waals surface area contributed by atoms with Gasteiger partial charge in [-0.3, -0.25) is 9.69 Å². The predicted molar refractivity (Wildman–Crippen MR) is 107 cm³/mol. The number of rotatable bonds is 7. The molecule has 1 heterocycles. The zero-order valence-corrected chi connectivity index (χ0v) is 16.3. The lowest BCUT2D eigenvalue weighted by molar-refractivity contribution is -0.127. The number of halogens is 2. The third kappa shape index (κ3) is 5.77. The van der Waals surface area contributed by atoms with Crippen molar-refractivity contribution in [2.45, 2.75) is 13.2 Å². The van der Waals surface area contributed by atoms with Crippen molar-refractivity contribution < 1.29 is 23.0 Å². The third-order valence-electron chi connectivity index (χ3n) is 4.77. The first-order chi connectivity index (χ1) is 14.1. The van der Waals surface area contributed by atoms with Crippen molar-refractivity contribution in [3.8, 4) is 11.5 Å². The molecule has 1 aliphatic heterocycles. The Labute approximate surface area is 169 Å². The van der Waals surface area contributed by atoms with Crippen LogP contribution in [-0.2, 0) is 11.3 Å². The first-order valence-corrected chi connectivity index (χ1v) is 9.42. The van der Waals surface area contributed by atoms with Gasteiger partial charge in [0.05, 0.1) is 7.11 Å². The molecule has 5 nitrogen and oxygen atoms in total. The van der Waals surface area contributed by atoms with Crippen LogP contribution in [0.25, 0.3) is 6.08 Å². The maximum absolute atomic E-state index is 12.7. The molecular weight excluding hydrogens is 378 g/mol. The molecule has 1 saturated heterocycles. The standard InChI is InChI=1S/C22H24F2N2O3/c1-28-19-9-5-8-18(21(19)29-22(23)24)10-11-20(27)26-14-12-25(13-15-26)16-17-6-3-2-4-7-17/h2-11,22H,12-16H2,1H3/b11-10+. The minimum Gasteiger partial charge on any atom is -0.493 e. The van der Waals surface area contributed by atoms with E-state index in [0.717, 1.165) is 19.6 Å². The van der Waals surface area contributed by atoms with Gasteiger partial charge in [0.2, 0.25) is 5.91 Å². The molecule has 0 unspecified atom stereocenters. The fourth-order valence-electron chi connectivity index (χ4n) is 3.27. The Morgan fingerprint density at radius 2 is 1.79 bits per heavy atom. The largest absolute Gasteiger partial charge is 0.493 e. The van der Waals surface area contributed by atoms with Crippen LogP contribution in [0.2, 0.25) is 0 Å². The van der Waals surface area contributed by atoms with Crippen molar-refractivity contribution in [1.29, 1.82) is 0 Å². The van der Waals surface area contributed by atoms with Crippen molar-refractivity contribution in [1.82, 2.24) is 9.80 Å². The molecule has 0 spiro atoms. The molecule has 0 N–H and O–H groups in total. The Morgan fingerprint density at radius 1 is 1.07 bits per heavy atom. The molecule has 1 fully saturated rings. The van der Waals surface area contributed by atoms with Gasteiger partial charge >= 0.3 is 6.61 Å². The van der Waals surface area contributed by atoms with Gasteiger partial charge in [0, 0.05) is 44.4 Å². The van der Waals surface area contributed by atoms with Gasteiger partial charge in [-0.05, 0) is 17.7 Å². The van der Waals surface area contributed by atoms with E-state index in [0.29, 0.717) is 18.7 Å². The monoisotopic (exact) mass is 402 g/mol.